The van der Waals surface area contributed by atoms with Crippen molar-refractivity contribution < 1.29 is 9.53 Å². The molecule has 5 heteroatoms. The Labute approximate surface area is 114 Å². The number of hydrogen-bond donors (Lipinski definition) is 0. The van der Waals surface area contributed by atoms with Gasteiger partial charge in [-0.25, -0.2) is 0 Å². The van der Waals surface area contributed by atoms with Crippen molar-refractivity contribution in [3.63, 3.8) is 0 Å². The van der Waals surface area contributed by atoms with E-state index in [1.807, 2.05) is 13.1 Å². The van der Waals surface area contributed by atoms with Crippen LogP contribution in [0.3, 0.4) is 0 Å². The molecule has 0 saturated carbocycles. The summed E-state index contributed by atoms with van der Waals surface area (Å²) in [6.45, 7) is 4.34. The largest absolute Gasteiger partial charge is 0.453 e. The molecule has 0 bridgehead atoms. The van der Waals surface area contributed by atoms with Crippen LogP contribution in [0.15, 0.2) is 35.1 Å². The fourth-order valence-corrected chi connectivity index (χ4v) is 1.96. The summed E-state index contributed by atoms with van der Waals surface area (Å²) >= 11 is 3.39. The second-order valence-corrected chi connectivity index (χ2v) is 4.69. The number of ether oxygens (including phenoxy) is 1. The van der Waals surface area contributed by atoms with E-state index in [1.54, 1.807) is 29.1 Å². The predicted octanol–water partition coefficient (Wildman–Crippen LogP) is 3.66. The molecule has 0 aliphatic carbocycles. The molecule has 4 nitrogen and oxygen atoms in total. The number of hydrogen-bond acceptors (Lipinski definition) is 3. The molecule has 18 heavy (non-hydrogen) atoms. The van der Waals surface area contributed by atoms with Crippen molar-refractivity contribution in [2.75, 3.05) is 0 Å². The van der Waals surface area contributed by atoms with Gasteiger partial charge >= 0.3 is 0 Å². The standard InChI is InChI=1S/C13H13BrN2O2/c1-3-16-8-11(7-15-16)18-13-5-4-10(9(2)17)6-12(13)14/h4-8H,3H2,1-2H3. The molecule has 0 saturated heterocycles. The summed E-state index contributed by atoms with van der Waals surface area (Å²) in [6.07, 6.45) is 3.49. The number of benzene rings is 1. The minimum atomic E-state index is 0.0288. The minimum absolute atomic E-state index is 0.0288. The van der Waals surface area contributed by atoms with E-state index in [4.69, 9.17) is 4.74 Å². The van der Waals surface area contributed by atoms with Gasteiger partial charge in [0.25, 0.3) is 0 Å². The molecular formula is C13H13BrN2O2. The monoisotopic (exact) mass is 308 g/mol. The van der Waals surface area contributed by atoms with E-state index < -0.39 is 0 Å². The molecule has 0 aliphatic rings. The molecule has 0 unspecified atom stereocenters. The van der Waals surface area contributed by atoms with Crippen LogP contribution in [0.5, 0.6) is 11.5 Å². The molecule has 0 spiro atoms. The zero-order valence-corrected chi connectivity index (χ0v) is 11.8. The first-order valence-electron chi connectivity index (χ1n) is 5.61. The third-order valence-corrected chi connectivity index (χ3v) is 3.12. The van der Waals surface area contributed by atoms with Crippen LogP contribution in [0, 0.1) is 0 Å². The normalized spacial score (nSPS) is 10.4. The van der Waals surface area contributed by atoms with Crippen LogP contribution < -0.4 is 4.74 Å². The first-order valence-corrected chi connectivity index (χ1v) is 6.40. The molecule has 0 N–H and O–H groups in total. The Bertz CT molecular complexity index is 578. The van der Waals surface area contributed by atoms with Crippen LogP contribution in [0.1, 0.15) is 24.2 Å². The van der Waals surface area contributed by atoms with Gasteiger partial charge in [-0.2, -0.15) is 5.10 Å². The van der Waals surface area contributed by atoms with Crippen LogP contribution in [0.4, 0.5) is 0 Å². The average Bonchev–Trinajstić information content (AvgIpc) is 2.79. The summed E-state index contributed by atoms with van der Waals surface area (Å²) in [5, 5.41) is 4.13. The Kier molecular flexibility index (Phi) is 3.81. The summed E-state index contributed by atoms with van der Waals surface area (Å²) < 4.78 is 8.22. The highest BCUT2D eigenvalue weighted by Gasteiger charge is 2.07. The Morgan fingerprint density at radius 3 is 2.83 bits per heavy atom. The summed E-state index contributed by atoms with van der Waals surface area (Å²) in [4.78, 5) is 11.2. The van der Waals surface area contributed by atoms with E-state index in [1.165, 1.54) is 6.92 Å². The number of carbonyl (C=O) groups is 1. The Morgan fingerprint density at radius 1 is 1.50 bits per heavy atom. The van der Waals surface area contributed by atoms with Gasteiger partial charge in [-0.3, -0.25) is 9.48 Å². The van der Waals surface area contributed by atoms with E-state index in [9.17, 15) is 4.79 Å². The fraction of sp³-hybridized carbons (Fsp3) is 0.231. The zero-order chi connectivity index (χ0) is 13.1. The van der Waals surface area contributed by atoms with E-state index >= 15 is 0 Å². The van der Waals surface area contributed by atoms with Crippen molar-refractivity contribution in [3.8, 4) is 11.5 Å². The maximum atomic E-state index is 11.2. The molecule has 2 aromatic rings. The lowest BCUT2D eigenvalue weighted by Gasteiger charge is -2.06. The molecule has 0 radical (unpaired) electrons. The first kappa shape index (κ1) is 12.8. The van der Waals surface area contributed by atoms with Crippen molar-refractivity contribution in [1.82, 2.24) is 9.78 Å². The quantitative estimate of drug-likeness (QED) is 0.810. The van der Waals surface area contributed by atoms with E-state index in [0.29, 0.717) is 17.1 Å². The second kappa shape index (κ2) is 5.35. The van der Waals surface area contributed by atoms with Crippen LogP contribution in [-0.4, -0.2) is 15.6 Å². The minimum Gasteiger partial charge on any atom is -0.453 e. The van der Waals surface area contributed by atoms with Gasteiger partial charge in [0, 0.05) is 12.1 Å². The summed E-state index contributed by atoms with van der Waals surface area (Å²) in [5.41, 5.74) is 0.651. The zero-order valence-electron chi connectivity index (χ0n) is 10.2. The van der Waals surface area contributed by atoms with E-state index in [0.717, 1.165) is 11.0 Å². The van der Waals surface area contributed by atoms with Gasteiger partial charge in [-0.15, -0.1) is 0 Å². The third-order valence-electron chi connectivity index (χ3n) is 2.50. The summed E-state index contributed by atoms with van der Waals surface area (Å²) in [6, 6.07) is 5.26. The number of halogens is 1. The smallest absolute Gasteiger partial charge is 0.165 e. The highest BCUT2D eigenvalue weighted by molar-refractivity contribution is 9.10. The first-order chi connectivity index (χ1) is 8.60. The SMILES string of the molecule is CCn1cc(Oc2ccc(C(C)=O)cc2Br)cn1. The van der Waals surface area contributed by atoms with Crippen LogP contribution in [0.25, 0.3) is 0 Å². The molecule has 94 valence electrons. The lowest BCUT2D eigenvalue weighted by molar-refractivity contribution is 0.101. The van der Waals surface area contributed by atoms with E-state index in [-0.39, 0.29) is 5.78 Å². The Hall–Kier alpha value is -1.62. The highest BCUT2D eigenvalue weighted by Crippen LogP contribution is 2.30. The molecule has 1 aromatic heterocycles. The average molecular weight is 309 g/mol. The van der Waals surface area contributed by atoms with Crippen molar-refractivity contribution in [1.29, 1.82) is 0 Å². The topological polar surface area (TPSA) is 44.1 Å². The molecule has 2 rings (SSSR count). The van der Waals surface area contributed by atoms with Crippen LogP contribution in [0.2, 0.25) is 0 Å². The number of carbonyl (C=O) groups excluding carboxylic acids is 1. The molecule has 0 amide bonds. The Balaban J connectivity index is 2.21. The molecule has 0 fully saturated rings. The van der Waals surface area contributed by atoms with Crippen LogP contribution in [-0.2, 0) is 6.54 Å². The highest BCUT2D eigenvalue weighted by atomic mass is 79.9. The maximum Gasteiger partial charge on any atom is 0.165 e. The van der Waals surface area contributed by atoms with Crippen molar-refractivity contribution >= 4 is 21.7 Å². The van der Waals surface area contributed by atoms with Gasteiger partial charge < -0.3 is 4.74 Å². The van der Waals surface area contributed by atoms with Crippen molar-refractivity contribution in [2.24, 2.45) is 0 Å². The second-order valence-electron chi connectivity index (χ2n) is 3.84. The summed E-state index contributed by atoms with van der Waals surface area (Å²) in [5.74, 6) is 1.37. The number of aryl methyl sites for hydroxylation is 1. The summed E-state index contributed by atoms with van der Waals surface area (Å²) in [7, 11) is 0. The molecule has 1 heterocycles. The lowest BCUT2D eigenvalue weighted by Crippen LogP contribution is -1.93. The van der Waals surface area contributed by atoms with Gasteiger partial charge in [0.1, 0.15) is 5.75 Å². The van der Waals surface area contributed by atoms with Gasteiger partial charge in [0.2, 0.25) is 0 Å². The molecule has 1 aromatic carbocycles. The number of rotatable bonds is 4. The lowest BCUT2D eigenvalue weighted by atomic mass is 10.1. The maximum absolute atomic E-state index is 11.2. The van der Waals surface area contributed by atoms with Gasteiger partial charge in [-0.1, -0.05) is 0 Å². The Morgan fingerprint density at radius 2 is 2.28 bits per heavy atom. The molecular weight excluding hydrogens is 296 g/mol. The number of aromatic nitrogens is 2. The van der Waals surface area contributed by atoms with Crippen molar-refractivity contribution in [3.05, 3.63) is 40.6 Å². The number of nitrogens with zero attached hydrogens (tertiary/aromatic N) is 2. The van der Waals surface area contributed by atoms with Crippen LogP contribution >= 0.6 is 15.9 Å². The molecule has 0 aliphatic heterocycles. The van der Waals surface area contributed by atoms with Crippen molar-refractivity contribution in [2.45, 2.75) is 20.4 Å². The fourth-order valence-electron chi connectivity index (χ4n) is 1.50. The van der Waals surface area contributed by atoms with Gasteiger partial charge in [-0.05, 0) is 48.0 Å². The number of ketones is 1. The van der Waals surface area contributed by atoms with E-state index in [2.05, 4.69) is 21.0 Å². The van der Waals surface area contributed by atoms with Gasteiger partial charge in [0.15, 0.2) is 11.5 Å². The number of Topliss-reactive ketones (excluding diaryl/α,β-unsaturated/α-hetero) is 1. The molecule has 0 atom stereocenters. The van der Waals surface area contributed by atoms with Gasteiger partial charge in [0.05, 0.1) is 16.9 Å². The third kappa shape index (κ3) is 2.79. The predicted molar refractivity (Wildman–Crippen MR) is 72.1 cm³/mol.